The molecule has 1 atom stereocenters. The summed E-state index contributed by atoms with van der Waals surface area (Å²) >= 11 is 5.45. The molecule has 0 spiro atoms. The van der Waals surface area contributed by atoms with Crippen LogP contribution in [-0.2, 0) is 9.59 Å². The van der Waals surface area contributed by atoms with E-state index in [0.29, 0.717) is 12.2 Å². The third kappa shape index (κ3) is 7.58. The summed E-state index contributed by atoms with van der Waals surface area (Å²) in [6, 6.07) is 1.89. The van der Waals surface area contributed by atoms with E-state index in [0.717, 1.165) is 35.8 Å². The van der Waals surface area contributed by atoms with Crippen LogP contribution in [0.1, 0.15) is 12.0 Å². The van der Waals surface area contributed by atoms with Gasteiger partial charge in [0.1, 0.15) is 16.8 Å². The van der Waals surface area contributed by atoms with Crippen LogP contribution < -0.4 is 4.74 Å². The molecule has 0 amide bonds. The topological polar surface area (TPSA) is 103 Å². The van der Waals surface area contributed by atoms with Crippen molar-refractivity contribution in [3.8, 4) is 5.75 Å². The zero-order valence-corrected chi connectivity index (χ0v) is 15.8. The first-order chi connectivity index (χ1) is 12.2. The molecule has 0 saturated heterocycles. The fourth-order valence-corrected chi connectivity index (χ4v) is 2.38. The van der Waals surface area contributed by atoms with Crippen molar-refractivity contribution < 1.29 is 24.5 Å². The molecule has 1 aromatic rings. The first kappa shape index (κ1) is 21.5. The lowest BCUT2D eigenvalue weighted by Gasteiger charge is -2.22. The average molecular weight is 381 g/mol. The van der Waals surface area contributed by atoms with E-state index >= 15 is 0 Å². The Kier molecular flexibility index (Phi) is 8.66. The van der Waals surface area contributed by atoms with E-state index in [-0.39, 0.29) is 6.10 Å². The fraction of sp³-hybridized carbons (Fsp3) is 0.412. The smallest absolute Gasteiger partial charge is 0.328 e. The third-order valence-electron chi connectivity index (χ3n) is 3.40. The average Bonchev–Trinajstić information content (AvgIpc) is 2.69. The van der Waals surface area contributed by atoms with Crippen LogP contribution in [0.2, 0.25) is 0 Å². The number of pyridine rings is 1. The third-order valence-corrected chi connectivity index (χ3v) is 3.93. The van der Waals surface area contributed by atoms with Gasteiger partial charge in [0.05, 0.1) is 12.1 Å². The molecule has 1 aromatic heterocycles. The number of ether oxygens (including phenoxy) is 1. The zero-order chi connectivity index (χ0) is 19.7. The lowest BCUT2D eigenvalue weighted by Crippen LogP contribution is -2.35. The van der Waals surface area contributed by atoms with Crippen molar-refractivity contribution in [2.24, 2.45) is 0 Å². The summed E-state index contributed by atoms with van der Waals surface area (Å²) in [4.78, 5) is 28.3. The number of carboxylic acids is 2. The second-order valence-electron chi connectivity index (χ2n) is 5.90. The van der Waals surface area contributed by atoms with Crippen molar-refractivity contribution in [1.29, 1.82) is 0 Å². The molecule has 0 bridgehead atoms. The monoisotopic (exact) mass is 381 g/mol. The van der Waals surface area contributed by atoms with E-state index in [1.165, 1.54) is 0 Å². The van der Waals surface area contributed by atoms with Gasteiger partial charge in [-0.15, -0.1) is 0 Å². The molecular formula is C17H23N3O5S. The fourth-order valence-electron chi connectivity index (χ4n) is 2.15. The summed E-state index contributed by atoms with van der Waals surface area (Å²) in [7, 11) is 6.16. The number of rotatable bonds is 5. The number of carbonyl (C=O) groups is 2. The van der Waals surface area contributed by atoms with Gasteiger partial charge in [0, 0.05) is 38.1 Å². The molecule has 1 unspecified atom stereocenters. The number of thiocarbonyl (C=S) groups is 1. The van der Waals surface area contributed by atoms with Crippen LogP contribution in [0.5, 0.6) is 5.75 Å². The van der Waals surface area contributed by atoms with Crippen molar-refractivity contribution in [3.05, 3.63) is 36.2 Å². The molecule has 2 rings (SSSR count). The molecule has 0 aromatic carbocycles. The van der Waals surface area contributed by atoms with Gasteiger partial charge in [0.2, 0.25) is 0 Å². The van der Waals surface area contributed by atoms with Gasteiger partial charge in [-0.1, -0.05) is 12.2 Å². The molecule has 0 fully saturated rings. The van der Waals surface area contributed by atoms with E-state index in [1.54, 1.807) is 12.4 Å². The normalized spacial score (nSPS) is 16.4. The Bertz CT molecular complexity index is 662. The Morgan fingerprint density at radius 1 is 1.38 bits per heavy atom. The molecule has 2 heterocycles. The molecule has 1 aliphatic heterocycles. The molecule has 0 saturated carbocycles. The summed E-state index contributed by atoms with van der Waals surface area (Å²) in [5, 5.41) is 15.6. The van der Waals surface area contributed by atoms with Crippen molar-refractivity contribution in [2.75, 3.05) is 34.2 Å². The van der Waals surface area contributed by atoms with Gasteiger partial charge in [-0.25, -0.2) is 9.59 Å². The van der Waals surface area contributed by atoms with Gasteiger partial charge in [-0.3, -0.25) is 4.98 Å². The Morgan fingerprint density at radius 3 is 2.54 bits per heavy atom. The summed E-state index contributed by atoms with van der Waals surface area (Å²) < 4.78 is 6.05. The summed E-state index contributed by atoms with van der Waals surface area (Å²) in [6.07, 6.45) is 5.80. The van der Waals surface area contributed by atoms with Gasteiger partial charge in [0.15, 0.2) is 0 Å². The van der Waals surface area contributed by atoms with Crippen LogP contribution >= 0.6 is 12.2 Å². The number of aliphatic carboxylic acids is 2. The Labute approximate surface area is 157 Å². The first-order valence-electron chi connectivity index (χ1n) is 7.85. The number of hydrogen-bond acceptors (Lipinski definition) is 6. The Hall–Kier alpha value is -2.52. The standard InChI is InChI=1S/C13H19N3OS.C4H4O4/c1-15(2)7-5-10-9-16(3)13(18)11-8-14-6-4-12(11)17-10;5-3(6)1-2-4(7)8/h4,6,8,10H,5,7,9H2,1-3H3;1-2H,(H,5,6)(H,7,8)/b;2-1+. The molecule has 0 radical (unpaired) electrons. The van der Waals surface area contributed by atoms with E-state index < -0.39 is 11.9 Å². The van der Waals surface area contributed by atoms with Gasteiger partial charge >= 0.3 is 11.9 Å². The quantitative estimate of drug-likeness (QED) is 0.573. The minimum absolute atomic E-state index is 0.166. The molecule has 1 aliphatic rings. The van der Waals surface area contributed by atoms with Crippen LogP contribution in [0.3, 0.4) is 0 Å². The van der Waals surface area contributed by atoms with Gasteiger partial charge in [-0.2, -0.15) is 0 Å². The maximum Gasteiger partial charge on any atom is 0.328 e. The van der Waals surface area contributed by atoms with Crippen molar-refractivity contribution >= 4 is 29.1 Å². The molecule has 26 heavy (non-hydrogen) atoms. The second kappa shape index (κ2) is 10.5. The SMILES string of the molecule is CN(C)CCC1CN(C)C(=S)c2cnccc2O1.O=C(O)/C=C/C(=O)O. The van der Waals surface area contributed by atoms with Gasteiger partial charge < -0.3 is 24.7 Å². The molecule has 142 valence electrons. The predicted molar refractivity (Wildman–Crippen MR) is 101 cm³/mol. The summed E-state index contributed by atoms with van der Waals surface area (Å²) in [5.41, 5.74) is 0.919. The van der Waals surface area contributed by atoms with E-state index in [9.17, 15) is 9.59 Å². The summed E-state index contributed by atoms with van der Waals surface area (Å²) in [5.74, 6) is -1.66. The second-order valence-corrected chi connectivity index (χ2v) is 6.29. The van der Waals surface area contributed by atoms with Gasteiger partial charge in [0.25, 0.3) is 0 Å². The molecule has 2 N–H and O–H groups in total. The van der Waals surface area contributed by atoms with Crippen molar-refractivity contribution in [3.63, 3.8) is 0 Å². The highest BCUT2D eigenvalue weighted by Crippen LogP contribution is 2.24. The molecule has 0 aliphatic carbocycles. The van der Waals surface area contributed by atoms with E-state index in [4.69, 9.17) is 27.2 Å². The highest BCUT2D eigenvalue weighted by Gasteiger charge is 2.24. The Morgan fingerprint density at radius 2 is 2.00 bits per heavy atom. The van der Waals surface area contributed by atoms with Crippen LogP contribution in [0, 0.1) is 0 Å². The number of nitrogens with zero attached hydrogens (tertiary/aromatic N) is 3. The predicted octanol–water partition coefficient (Wildman–Crippen LogP) is 1.11. The zero-order valence-electron chi connectivity index (χ0n) is 15.0. The minimum atomic E-state index is -1.26. The maximum atomic E-state index is 9.55. The van der Waals surface area contributed by atoms with Crippen LogP contribution in [0.4, 0.5) is 0 Å². The number of aromatic nitrogens is 1. The number of hydrogen-bond donors (Lipinski definition) is 2. The van der Waals surface area contributed by atoms with Crippen LogP contribution in [-0.4, -0.2) is 82.3 Å². The van der Waals surface area contributed by atoms with Crippen LogP contribution in [0.15, 0.2) is 30.6 Å². The number of fused-ring (bicyclic) bond motifs is 1. The molecule has 8 nitrogen and oxygen atoms in total. The number of carboxylic acid groups (broad SMARTS) is 2. The molecule has 9 heteroatoms. The van der Waals surface area contributed by atoms with E-state index in [1.807, 2.05) is 13.1 Å². The largest absolute Gasteiger partial charge is 0.488 e. The highest BCUT2D eigenvalue weighted by molar-refractivity contribution is 7.80. The lowest BCUT2D eigenvalue weighted by molar-refractivity contribution is -0.134. The Balaban J connectivity index is 0.000000359. The van der Waals surface area contributed by atoms with Crippen LogP contribution in [0.25, 0.3) is 0 Å². The molecular weight excluding hydrogens is 358 g/mol. The highest BCUT2D eigenvalue weighted by atomic mass is 32.1. The first-order valence-corrected chi connectivity index (χ1v) is 8.26. The van der Waals surface area contributed by atoms with Crippen molar-refractivity contribution in [2.45, 2.75) is 12.5 Å². The van der Waals surface area contributed by atoms with Crippen molar-refractivity contribution in [1.82, 2.24) is 14.8 Å². The van der Waals surface area contributed by atoms with Gasteiger partial charge in [-0.05, 0) is 26.6 Å². The lowest BCUT2D eigenvalue weighted by atomic mass is 10.2. The minimum Gasteiger partial charge on any atom is -0.488 e. The maximum absolute atomic E-state index is 9.55. The van der Waals surface area contributed by atoms with E-state index in [2.05, 4.69) is 28.9 Å². The summed E-state index contributed by atoms with van der Waals surface area (Å²) in [6.45, 7) is 1.83. The number of likely N-dealkylation sites (N-methyl/N-ethyl adjacent to an activating group) is 1.